The molecule has 14 heavy (non-hydrogen) atoms. The number of hydrogen-bond donors (Lipinski definition) is 2. The number of carbonyl (C=O) groups is 1. The van der Waals surface area contributed by atoms with Crippen molar-refractivity contribution in [1.82, 2.24) is 0 Å². The van der Waals surface area contributed by atoms with Gasteiger partial charge in [0.15, 0.2) is 6.61 Å². The SMILES string of the molecule is C[C@H](N)c1ccccc1OCC(N)=O. The van der Waals surface area contributed by atoms with E-state index in [1.165, 1.54) is 0 Å². The monoisotopic (exact) mass is 194 g/mol. The lowest BCUT2D eigenvalue weighted by Gasteiger charge is -2.12. The van der Waals surface area contributed by atoms with E-state index in [0.29, 0.717) is 5.75 Å². The molecule has 0 spiro atoms. The minimum atomic E-state index is -0.496. The van der Waals surface area contributed by atoms with Crippen molar-refractivity contribution in [2.75, 3.05) is 6.61 Å². The molecule has 4 N–H and O–H groups in total. The van der Waals surface area contributed by atoms with Gasteiger partial charge in [0.2, 0.25) is 0 Å². The molecular weight excluding hydrogens is 180 g/mol. The molecule has 0 fully saturated rings. The van der Waals surface area contributed by atoms with E-state index in [2.05, 4.69) is 0 Å². The predicted molar refractivity (Wildman–Crippen MR) is 53.7 cm³/mol. The van der Waals surface area contributed by atoms with Gasteiger partial charge in [-0.1, -0.05) is 18.2 Å². The van der Waals surface area contributed by atoms with Gasteiger partial charge >= 0.3 is 0 Å². The Labute approximate surface area is 82.8 Å². The molecule has 0 aliphatic heterocycles. The highest BCUT2D eigenvalue weighted by molar-refractivity contribution is 5.75. The quantitative estimate of drug-likeness (QED) is 0.735. The van der Waals surface area contributed by atoms with Gasteiger partial charge in [-0.15, -0.1) is 0 Å². The number of carbonyl (C=O) groups excluding carboxylic acids is 1. The van der Waals surface area contributed by atoms with Gasteiger partial charge in [0.1, 0.15) is 5.75 Å². The van der Waals surface area contributed by atoms with Crippen molar-refractivity contribution in [3.63, 3.8) is 0 Å². The molecule has 1 aromatic rings. The molecule has 0 saturated heterocycles. The molecule has 0 heterocycles. The van der Waals surface area contributed by atoms with Crippen LogP contribution in [0.2, 0.25) is 0 Å². The third kappa shape index (κ3) is 2.74. The number of benzene rings is 1. The van der Waals surface area contributed by atoms with Crippen molar-refractivity contribution in [3.05, 3.63) is 29.8 Å². The molecule has 76 valence electrons. The normalized spacial score (nSPS) is 12.1. The van der Waals surface area contributed by atoms with Crippen molar-refractivity contribution in [2.24, 2.45) is 11.5 Å². The Hall–Kier alpha value is -1.55. The molecule has 4 heteroatoms. The average molecular weight is 194 g/mol. The zero-order valence-corrected chi connectivity index (χ0v) is 8.07. The number of nitrogens with two attached hydrogens (primary N) is 2. The Balaban J connectivity index is 2.79. The number of para-hydroxylation sites is 1. The van der Waals surface area contributed by atoms with Crippen molar-refractivity contribution >= 4 is 5.91 Å². The molecule has 0 aliphatic rings. The minimum Gasteiger partial charge on any atom is -0.483 e. The zero-order chi connectivity index (χ0) is 10.6. The van der Waals surface area contributed by atoms with Crippen LogP contribution in [0.3, 0.4) is 0 Å². The number of rotatable bonds is 4. The second-order valence-corrected chi connectivity index (χ2v) is 3.08. The van der Waals surface area contributed by atoms with Gasteiger partial charge in [-0.25, -0.2) is 0 Å². The Morgan fingerprint density at radius 2 is 2.14 bits per heavy atom. The molecule has 0 aliphatic carbocycles. The summed E-state index contributed by atoms with van der Waals surface area (Å²) in [5, 5.41) is 0. The lowest BCUT2D eigenvalue weighted by molar-refractivity contribution is -0.119. The molecule has 1 rings (SSSR count). The summed E-state index contributed by atoms with van der Waals surface area (Å²) in [6.45, 7) is 1.73. The molecular formula is C10H14N2O2. The Bertz CT molecular complexity index is 324. The van der Waals surface area contributed by atoms with Gasteiger partial charge in [0.05, 0.1) is 0 Å². The first-order chi connectivity index (χ1) is 6.61. The Kier molecular flexibility index (Phi) is 3.48. The molecule has 1 aromatic carbocycles. The first-order valence-corrected chi connectivity index (χ1v) is 4.37. The largest absolute Gasteiger partial charge is 0.483 e. The van der Waals surface area contributed by atoms with Crippen molar-refractivity contribution < 1.29 is 9.53 Å². The fourth-order valence-corrected chi connectivity index (χ4v) is 1.14. The number of amides is 1. The van der Waals surface area contributed by atoms with Crippen LogP contribution in [0.25, 0.3) is 0 Å². The van der Waals surface area contributed by atoms with Gasteiger partial charge in [-0.05, 0) is 13.0 Å². The summed E-state index contributed by atoms with van der Waals surface area (Å²) in [5.41, 5.74) is 11.6. The second kappa shape index (κ2) is 4.62. The summed E-state index contributed by atoms with van der Waals surface area (Å²) in [7, 11) is 0. The molecule has 0 aromatic heterocycles. The minimum absolute atomic E-state index is 0.121. The summed E-state index contributed by atoms with van der Waals surface area (Å²) in [6.07, 6.45) is 0. The number of hydrogen-bond acceptors (Lipinski definition) is 3. The number of primary amides is 1. The lowest BCUT2D eigenvalue weighted by Crippen LogP contribution is -2.21. The van der Waals surface area contributed by atoms with E-state index in [9.17, 15) is 4.79 Å². The van der Waals surface area contributed by atoms with E-state index < -0.39 is 5.91 Å². The van der Waals surface area contributed by atoms with Crippen LogP contribution >= 0.6 is 0 Å². The number of ether oxygens (including phenoxy) is 1. The fraction of sp³-hybridized carbons (Fsp3) is 0.300. The maximum absolute atomic E-state index is 10.5. The van der Waals surface area contributed by atoms with Crippen LogP contribution in [0.1, 0.15) is 18.5 Å². The van der Waals surface area contributed by atoms with Crippen LogP contribution in [-0.2, 0) is 4.79 Å². The average Bonchev–Trinajstić information content (AvgIpc) is 2.15. The van der Waals surface area contributed by atoms with E-state index in [-0.39, 0.29) is 12.6 Å². The molecule has 0 unspecified atom stereocenters. The lowest BCUT2D eigenvalue weighted by atomic mass is 10.1. The third-order valence-corrected chi connectivity index (χ3v) is 1.78. The summed E-state index contributed by atoms with van der Waals surface area (Å²) in [6, 6.07) is 7.19. The molecule has 1 amide bonds. The van der Waals surface area contributed by atoms with Crippen LogP contribution in [0.4, 0.5) is 0 Å². The Morgan fingerprint density at radius 1 is 1.50 bits per heavy atom. The maximum Gasteiger partial charge on any atom is 0.255 e. The van der Waals surface area contributed by atoms with E-state index >= 15 is 0 Å². The fourth-order valence-electron chi connectivity index (χ4n) is 1.14. The van der Waals surface area contributed by atoms with Crippen LogP contribution < -0.4 is 16.2 Å². The Morgan fingerprint density at radius 3 is 2.71 bits per heavy atom. The summed E-state index contributed by atoms with van der Waals surface area (Å²) in [4.78, 5) is 10.5. The third-order valence-electron chi connectivity index (χ3n) is 1.78. The van der Waals surface area contributed by atoms with Crippen molar-refractivity contribution in [1.29, 1.82) is 0 Å². The summed E-state index contributed by atoms with van der Waals surface area (Å²) < 4.78 is 5.21. The standard InChI is InChI=1S/C10H14N2O2/c1-7(11)8-4-2-3-5-9(8)14-6-10(12)13/h2-5,7H,6,11H2,1H3,(H2,12,13)/t7-/m0/s1. The first kappa shape index (κ1) is 10.5. The second-order valence-electron chi connectivity index (χ2n) is 3.08. The van der Waals surface area contributed by atoms with E-state index in [0.717, 1.165) is 5.56 Å². The van der Waals surface area contributed by atoms with Gasteiger partial charge in [0, 0.05) is 11.6 Å². The van der Waals surface area contributed by atoms with Crippen LogP contribution in [0.15, 0.2) is 24.3 Å². The first-order valence-electron chi connectivity index (χ1n) is 4.37. The predicted octanol–water partition coefficient (Wildman–Crippen LogP) is 0.570. The highest BCUT2D eigenvalue weighted by atomic mass is 16.5. The topological polar surface area (TPSA) is 78.3 Å². The van der Waals surface area contributed by atoms with Crippen LogP contribution in [0.5, 0.6) is 5.75 Å². The summed E-state index contributed by atoms with van der Waals surface area (Å²) in [5.74, 6) is 0.116. The van der Waals surface area contributed by atoms with E-state index in [1.807, 2.05) is 25.1 Å². The molecule has 4 nitrogen and oxygen atoms in total. The van der Waals surface area contributed by atoms with Gasteiger partial charge < -0.3 is 16.2 Å². The highest BCUT2D eigenvalue weighted by Crippen LogP contribution is 2.22. The zero-order valence-electron chi connectivity index (χ0n) is 8.07. The smallest absolute Gasteiger partial charge is 0.255 e. The maximum atomic E-state index is 10.5. The highest BCUT2D eigenvalue weighted by Gasteiger charge is 2.07. The van der Waals surface area contributed by atoms with Crippen LogP contribution in [-0.4, -0.2) is 12.5 Å². The van der Waals surface area contributed by atoms with Gasteiger partial charge in [-0.2, -0.15) is 0 Å². The van der Waals surface area contributed by atoms with E-state index in [4.69, 9.17) is 16.2 Å². The molecule has 0 radical (unpaired) electrons. The van der Waals surface area contributed by atoms with Crippen molar-refractivity contribution in [3.8, 4) is 5.75 Å². The van der Waals surface area contributed by atoms with Crippen molar-refractivity contribution in [2.45, 2.75) is 13.0 Å². The molecule has 0 bridgehead atoms. The molecule has 0 saturated carbocycles. The summed E-state index contributed by atoms with van der Waals surface area (Å²) >= 11 is 0. The van der Waals surface area contributed by atoms with Gasteiger partial charge in [-0.3, -0.25) is 4.79 Å². The van der Waals surface area contributed by atoms with Gasteiger partial charge in [0.25, 0.3) is 5.91 Å². The van der Waals surface area contributed by atoms with E-state index in [1.54, 1.807) is 6.07 Å². The van der Waals surface area contributed by atoms with Crippen LogP contribution in [0, 0.1) is 0 Å². The molecule has 1 atom stereocenters.